The molecule has 1 aromatic heterocycles. The molecule has 0 aliphatic carbocycles. The zero-order valence-corrected chi connectivity index (χ0v) is 29.2. The molecule has 0 radical (unpaired) electrons. The first-order valence-corrected chi connectivity index (χ1v) is 17.2. The maximum absolute atomic E-state index is 11.9. The molecule has 248 valence electrons. The molecule has 7 aromatic rings. The number of hydrogen-bond donors (Lipinski definition) is 2. The molecule has 0 unspecified atom stereocenters. The van der Waals surface area contributed by atoms with E-state index in [4.69, 9.17) is 0 Å². The van der Waals surface area contributed by atoms with E-state index in [2.05, 4.69) is 158 Å². The van der Waals surface area contributed by atoms with Crippen molar-refractivity contribution in [2.75, 3.05) is 33.7 Å². The Morgan fingerprint density at radius 2 is 1.20 bits per heavy atom. The normalized spacial score (nSPS) is 11.9. The summed E-state index contributed by atoms with van der Waals surface area (Å²) >= 11 is 0. The maximum atomic E-state index is 11.9. The van der Waals surface area contributed by atoms with E-state index >= 15 is 0 Å². The van der Waals surface area contributed by atoms with Gasteiger partial charge < -0.3 is 19.7 Å². The lowest BCUT2D eigenvalue weighted by Gasteiger charge is -2.26. The molecule has 0 saturated carbocycles. The first kappa shape index (κ1) is 32.4. The monoisotopic (exact) mass is 647 g/mol. The molecule has 49 heavy (non-hydrogen) atoms. The molecule has 0 aliphatic rings. The van der Waals surface area contributed by atoms with Crippen molar-refractivity contribution < 1.29 is 10.2 Å². The Kier molecular flexibility index (Phi) is 8.89. The summed E-state index contributed by atoms with van der Waals surface area (Å²) in [6.45, 7) is 9.37. The molecule has 0 saturated heterocycles. The molecule has 0 atom stereocenters. The van der Waals surface area contributed by atoms with E-state index in [0.717, 1.165) is 86.1 Å². The molecule has 1 heterocycles. The van der Waals surface area contributed by atoms with Crippen LogP contribution < -0.4 is 0 Å². The number of fused-ring (bicyclic) bond motifs is 4. The van der Waals surface area contributed by atoms with E-state index in [0.29, 0.717) is 24.5 Å². The summed E-state index contributed by atoms with van der Waals surface area (Å²) in [5.74, 6) is 0.656. The molecular formula is C44H45N3O2. The van der Waals surface area contributed by atoms with Crippen molar-refractivity contribution >= 4 is 32.6 Å². The second-order valence-corrected chi connectivity index (χ2v) is 13.8. The average Bonchev–Trinajstić information content (AvgIpc) is 3.43. The smallest absolute Gasteiger partial charge is 0.142 e. The van der Waals surface area contributed by atoms with Gasteiger partial charge in [-0.2, -0.15) is 0 Å². The molecule has 0 bridgehead atoms. The molecular weight excluding hydrogens is 603 g/mol. The molecule has 5 nitrogen and oxygen atoms in total. The predicted molar refractivity (Wildman–Crippen MR) is 205 cm³/mol. The van der Waals surface area contributed by atoms with Gasteiger partial charge in [-0.05, 0) is 104 Å². The van der Waals surface area contributed by atoms with Gasteiger partial charge in [-0.15, -0.1) is 0 Å². The number of likely N-dealkylation sites (N-methyl/N-ethyl adjacent to an activating group) is 1. The molecule has 0 spiro atoms. The number of rotatable bonds is 10. The highest BCUT2D eigenvalue weighted by Gasteiger charge is 2.20. The standard InChI is InChI=1S/C44H45N3O2/c1-29-25-34(43(48)38(26-29)42-31(3)18-19-32-12-6-7-13-35(32)42)28-46(23-22-45(4)5)21-20-33-24-30(2)27-41(44(33)49)47-39-16-10-8-14-36(39)37-15-9-11-17-40(37)47/h6-19,24-27,48-49H,20-23,28H2,1-5H3. The van der Waals surface area contributed by atoms with Gasteiger partial charge in [0.25, 0.3) is 0 Å². The van der Waals surface area contributed by atoms with Crippen molar-refractivity contribution in [1.29, 1.82) is 0 Å². The van der Waals surface area contributed by atoms with Crippen molar-refractivity contribution in [2.45, 2.75) is 33.7 Å². The number of aryl methyl sites for hydroxylation is 3. The van der Waals surface area contributed by atoms with E-state index in [1.165, 1.54) is 10.8 Å². The molecule has 5 heteroatoms. The van der Waals surface area contributed by atoms with E-state index in [-0.39, 0.29) is 0 Å². The van der Waals surface area contributed by atoms with Crippen LogP contribution in [-0.2, 0) is 13.0 Å². The van der Waals surface area contributed by atoms with Crippen LogP contribution in [0.5, 0.6) is 11.5 Å². The Bertz CT molecular complexity index is 2260. The molecule has 0 aliphatic heterocycles. The fourth-order valence-electron chi connectivity index (χ4n) is 7.41. The third-order valence-electron chi connectivity index (χ3n) is 9.83. The van der Waals surface area contributed by atoms with Gasteiger partial charge >= 0.3 is 0 Å². The number of nitrogens with zero attached hydrogens (tertiary/aromatic N) is 3. The number of phenols is 2. The van der Waals surface area contributed by atoms with E-state index in [9.17, 15) is 10.2 Å². The van der Waals surface area contributed by atoms with E-state index in [1.54, 1.807) is 0 Å². The van der Waals surface area contributed by atoms with Gasteiger partial charge in [0.1, 0.15) is 11.5 Å². The van der Waals surface area contributed by atoms with Gasteiger partial charge in [0.2, 0.25) is 0 Å². The summed E-state index contributed by atoms with van der Waals surface area (Å²) in [7, 11) is 4.18. The maximum Gasteiger partial charge on any atom is 0.142 e. The minimum absolute atomic E-state index is 0.316. The Morgan fingerprint density at radius 3 is 1.90 bits per heavy atom. The molecule has 0 fully saturated rings. The Labute approximate surface area is 289 Å². The van der Waals surface area contributed by atoms with Crippen molar-refractivity contribution in [3.05, 3.63) is 137 Å². The van der Waals surface area contributed by atoms with E-state index in [1.807, 2.05) is 0 Å². The predicted octanol–water partition coefficient (Wildman–Crippen LogP) is 9.55. The summed E-state index contributed by atoms with van der Waals surface area (Å²) in [5, 5.41) is 28.4. The molecule has 7 rings (SSSR count). The lowest BCUT2D eigenvalue weighted by Crippen LogP contribution is -2.33. The highest BCUT2D eigenvalue weighted by molar-refractivity contribution is 6.09. The topological polar surface area (TPSA) is 51.9 Å². The number of para-hydroxylation sites is 2. The van der Waals surface area contributed by atoms with Crippen molar-refractivity contribution in [3.63, 3.8) is 0 Å². The summed E-state index contributed by atoms with van der Waals surface area (Å²) < 4.78 is 2.20. The third-order valence-corrected chi connectivity index (χ3v) is 9.83. The van der Waals surface area contributed by atoms with Crippen LogP contribution in [0.25, 0.3) is 49.4 Å². The van der Waals surface area contributed by atoms with Crippen LogP contribution >= 0.6 is 0 Å². The zero-order valence-electron chi connectivity index (χ0n) is 29.2. The summed E-state index contributed by atoms with van der Waals surface area (Å²) in [5.41, 5.74) is 10.1. The van der Waals surface area contributed by atoms with Gasteiger partial charge in [-0.1, -0.05) is 84.9 Å². The van der Waals surface area contributed by atoms with E-state index < -0.39 is 0 Å². The third kappa shape index (κ3) is 6.28. The van der Waals surface area contributed by atoms with Crippen LogP contribution in [0.4, 0.5) is 0 Å². The molecule has 0 amide bonds. The molecule has 6 aromatic carbocycles. The van der Waals surface area contributed by atoms with Crippen LogP contribution in [0.2, 0.25) is 0 Å². The first-order chi connectivity index (χ1) is 23.7. The van der Waals surface area contributed by atoms with Crippen molar-refractivity contribution in [2.24, 2.45) is 0 Å². The summed E-state index contributed by atoms with van der Waals surface area (Å²) in [6, 6.07) is 37.9. The minimum atomic E-state index is 0.316. The number of phenolic OH excluding ortho intramolecular Hbond substituents is 2. The number of aromatic hydroxyl groups is 2. The van der Waals surface area contributed by atoms with Crippen LogP contribution in [0.15, 0.2) is 109 Å². The van der Waals surface area contributed by atoms with Gasteiger partial charge in [0.05, 0.1) is 16.7 Å². The summed E-state index contributed by atoms with van der Waals surface area (Å²) in [6.07, 6.45) is 0.674. The van der Waals surface area contributed by atoms with Crippen LogP contribution in [0, 0.1) is 20.8 Å². The van der Waals surface area contributed by atoms with Gasteiger partial charge in [-0.3, -0.25) is 4.90 Å². The van der Waals surface area contributed by atoms with Crippen LogP contribution in [0.1, 0.15) is 27.8 Å². The largest absolute Gasteiger partial charge is 0.507 e. The van der Waals surface area contributed by atoms with Gasteiger partial charge in [0.15, 0.2) is 0 Å². The number of hydrogen-bond acceptors (Lipinski definition) is 4. The number of benzene rings is 6. The van der Waals surface area contributed by atoms with Crippen molar-refractivity contribution in [3.8, 4) is 28.3 Å². The fraction of sp³-hybridized carbons (Fsp3) is 0.227. The Hall–Kier alpha value is -5.10. The second-order valence-electron chi connectivity index (χ2n) is 13.8. The SMILES string of the molecule is Cc1cc(CN(CCc2cc(C)cc(-n3c4ccccc4c4ccccc43)c2O)CCN(C)C)c(O)c(-c2c(C)ccc3ccccc23)c1. The lowest BCUT2D eigenvalue weighted by molar-refractivity contribution is 0.233. The minimum Gasteiger partial charge on any atom is -0.507 e. The van der Waals surface area contributed by atoms with Gasteiger partial charge in [0, 0.05) is 48.1 Å². The van der Waals surface area contributed by atoms with Crippen LogP contribution in [0.3, 0.4) is 0 Å². The summed E-state index contributed by atoms with van der Waals surface area (Å²) in [4.78, 5) is 4.59. The van der Waals surface area contributed by atoms with Crippen molar-refractivity contribution in [1.82, 2.24) is 14.4 Å². The highest BCUT2D eigenvalue weighted by atomic mass is 16.3. The highest BCUT2D eigenvalue weighted by Crippen LogP contribution is 2.41. The zero-order chi connectivity index (χ0) is 34.2. The Morgan fingerprint density at radius 1 is 0.592 bits per heavy atom. The fourth-order valence-corrected chi connectivity index (χ4v) is 7.41. The second kappa shape index (κ2) is 13.4. The first-order valence-electron chi connectivity index (χ1n) is 17.2. The van der Waals surface area contributed by atoms with Gasteiger partial charge in [-0.25, -0.2) is 0 Å². The Balaban J connectivity index is 1.23. The van der Waals surface area contributed by atoms with Crippen LogP contribution in [-0.4, -0.2) is 58.3 Å². The molecule has 2 N–H and O–H groups in total. The number of aromatic nitrogens is 1. The average molecular weight is 648 g/mol. The quantitative estimate of drug-likeness (QED) is 0.155. The lowest BCUT2D eigenvalue weighted by atomic mass is 9.91.